The average molecular weight is 434 g/mol. The third kappa shape index (κ3) is 3.75. The second-order valence-electron chi connectivity index (χ2n) is 5.92. The number of aryl methyl sites for hydroxylation is 1. The minimum Gasteiger partial charge on any atom is -0.494 e. The second kappa shape index (κ2) is 8.19. The van der Waals surface area contributed by atoms with E-state index in [0.717, 1.165) is 29.3 Å². The summed E-state index contributed by atoms with van der Waals surface area (Å²) in [4.78, 5) is 4.67. The summed E-state index contributed by atoms with van der Waals surface area (Å²) in [7, 11) is 3.31. The maximum Gasteiger partial charge on any atom is 0.216 e. The van der Waals surface area contributed by atoms with Crippen molar-refractivity contribution in [2.24, 2.45) is 0 Å². The van der Waals surface area contributed by atoms with Gasteiger partial charge in [0.25, 0.3) is 0 Å². The lowest BCUT2D eigenvalue weighted by Crippen LogP contribution is -2.40. The molecule has 7 heteroatoms. The number of dihydropyridines is 1. The van der Waals surface area contributed by atoms with Crippen molar-refractivity contribution in [3.05, 3.63) is 54.1 Å². The molecular formula is C20H24BrN3O3. The summed E-state index contributed by atoms with van der Waals surface area (Å²) < 4.78 is 18.3. The molecule has 0 fully saturated rings. The molecule has 1 aromatic carbocycles. The Balaban J connectivity index is 2.16. The largest absolute Gasteiger partial charge is 0.494 e. The molecule has 0 saturated carbocycles. The summed E-state index contributed by atoms with van der Waals surface area (Å²) in [5.74, 6) is 2.18. The van der Waals surface area contributed by atoms with Crippen molar-refractivity contribution in [1.82, 2.24) is 14.9 Å². The molecule has 0 spiro atoms. The van der Waals surface area contributed by atoms with Gasteiger partial charge < -0.3 is 19.5 Å². The molecule has 0 saturated heterocycles. The van der Waals surface area contributed by atoms with E-state index in [1.807, 2.05) is 49.5 Å². The van der Waals surface area contributed by atoms with Gasteiger partial charge in [-0.2, -0.15) is 0 Å². The molecular weight excluding hydrogens is 410 g/mol. The maximum atomic E-state index is 5.78. The minimum atomic E-state index is -0.764. The molecule has 27 heavy (non-hydrogen) atoms. The molecule has 0 amide bonds. The number of methoxy groups -OCH3 is 2. The third-order valence-electron chi connectivity index (χ3n) is 4.30. The highest BCUT2D eigenvalue weighted by atomic mass is 79.9. The van der Waals surface area contributed by atoms with Crippen LogP contribution in [-0.4, -0.2) is 35.0 Å². The molecule has 144 valence electrons. The molecule has 1 aliphatic heterocycles. The number of benzene rings is 1. The number of nitrogens with one attached hydrogen (secondary N) is 1. The van der Waals surface area contributed by atoms with E-state index in [4.69, 9.17) is 14.2 Å². The predicted molar refractivity (Wildman–Crippen MR) is 110 cm³/mol. The van der Waals surface area contributed by atoms with Crippen LogP contribution in [0, 0.1) is 0 Å². The zero-order chi connectivity index (χ0) is 19.4. The van der Waals surface area contributed by atoms with E-state index in [0.29, 0.717) is 18.1 Å². The van der Waals surface area contributed by atoms with E-state index in [2.05, 4.69) is 37.7 Å². The summed E-state index contributed by atoms with van der Waals surface area (Å²) in [6.07, 6.45) is 8.51. The zero-order valence-electron chi connectivity index (χ0n) is 16.0. The van der Waals surface area contributed by atoms with Crippen LogP contribution in [0.4, 0.5) is 0 Å². The van der Waals surface area contributed by atoms with Crippen molar-refractivity contribution in [1.29, 1.82) is 0 Å². The van der Waals surface area contributed by atoms with Gasteiger partial charge in [0.2, 0.25) is 4.63 Å². The van der Waals surface area contributed by atoms with E-state index >= 15 is 0 Å². The van der Waals surface area contributed by atoms with Crippen molar-refractivity contribution < 1.29 is 14.2 Å². The number of aromatic nitrogens is 2. The molecule has 1 N–H and O–H groups in total. The molecule has 6 nitrogen and oxygen atoms in total. The lowest BCUT2D eigenvalue weighted by molar-refractivity contribution is 0.0620. The van der Waals surface area contributed by atoms with Crippen LogP contribution in [0.1, 0.15) is 25.4 Å². The van der Waals surface area contributed by atoms with Crippen molar-refractivity contribution in [2.45, 2.75) is 24.9 Å². The first-order chi connectivity index (χ1) is 13.1. The summed E-state index contributed by atoms with van der Waals surface area (Å²) in [6.45, 7) is 4.61. The number of nitrogens with zero attached hydrogens (tertiary/aromatic N) is 2. The Hall–Kier alpha value is -2.25. The highest BCUT2D eigenvalue weighted by Crippen LogP contribution is 2.36. The zero-order valence-corrected chi connectivity index (χ0v) is 17.5. The fourth-order valence-electron chi connectivity index (χ4n) is 3.09. The molecule has 3 rings (SSSR count). The Bertz CT molecular complexity index is 853. The molecule has 1 unspecified atom stereocenters. The van der Waals surface area contributed by atoms with Crippen LogP contribution in [0.15, 0.2) is 42.6 Å². The highest BCUT2D eigenvalue weighted by molar-refractivity contribution is 9.10. The van der Waals surface area contributed by atoms with Crippen molar-refractivity contribution in [3.63, 3.8) is 0 Å². The highest BCUT2D eigenvalue weighted by Gasteiger charge is 2.30. The van der Waals surface area contributed by atoms with Crippen LogP contribution < -0.4 is 14.8 Å². The lowest BCUT2D eigenvalue weighted by atomic mass is 10.2. The van der Waals surface area contributed by atoms with E-state index in [-0.39, 0.29) is 0 Å². The summed E-state index contributed by atoms with van der Waals surface area (Å²) in [5.41, 5.74) is 2.69. The Kier molecular flexibility index (Phi) is 5.92. The van der Waals surface area contributed by atoms with E-state index < -0.39 is 4.63 Å². The normalized spacial score (nSPS) is 18.8. The number of ether oxygens (including phenoxy) is 3. The molecule has 0 aliphatic carbocycles. The number of halogens is 1. The van der Waals surface area contributed by atoms with Gasteiger partial charge in [0, 0.05) is 18.5 Å². The molecule has 1 aromatic heterocycles. The van der Waals surface area contributed by atoms with Gasteiger partial charge in [0.05, 0.1) is 19.9 Å². The number of imidazole rings is 1. The Morgan fingerprint density at radius 2 is 1.89 bits per heavy atom. The molecule has 0 bridgehead atoms. The monoisotopic (exact) mass is 433 g/mol. The smallest absolute Gasteiger partial charge is 0.216 e. The number of para-hydroxylation sites is 1. The molecule has 0 radical (unpaired) electrons. The van der Waals surface area contributed by atoms with Gasteiger partial charge in [0.15, 0.2) is 5.82 Å². The van der Waals surface area contributed by atoms with E-state index in [1.165, 1.54) is 0 Å². The van der Waals surface area contributed by atoms with Crippen molar-refractivity contribution in [3.8, 4) is 17.2 Å². The maximum absolute atomic E-state index is 5.78. The van der Waals surface area contributed by atoms with Crippen LogP contribution in [-0.2, 0) is 11.2 Å². The summed E-state index contributed by atoms with van der Waals surface area (Å²) in [6, 6.07) is 5.74. The predicted octanol–water partition coefficient (Wildman–Crippen LogP) is 4.04. The number of hydrogen-bond donors (Lipinski definition) is 1. The van der Waals surface area contributed by atoms with E-state index in [1.54, 1.807) is 14.2 Å². The van der Waals surface area contributed by atoms with Gasteiger partial charge in [-0.05, 0) is 53.6 Å². The van der Waals surface area contributed by atoms with Gasteiger partial charge in [-0.15, -0.1) is 0 Å². The quantitative estimate of drug-likeness (QED) is 0.527. The number of alkyl halides is 1. The third-order valence-corrected chi connectivity index (χ3v) is 4.99. The van der Waals surface area contributed by atoms with E-state index in [9.17, 15) is 0 Å². The van der Waals surface area contributed by atoms with Gasteiger partial charge >= 0.3 is 0 Å². The number of hydrogen-bond acceptors (Lipinski definition) is 5. The van der Waals surface area contributed by atoms with Gasteiger partial charge in [0.1, 0.15) is 17.2 Å². The first-order valence-corrected chi connectivity index (χ1v) is 9.65. The Morgan fingerprint density at radius 1 is 1.19 bits per heavy atom. The first-order valence-electron chi connectivity index (χ1n) is 8.85. The molecule has 1 atom stereocenters. The van der Waals surface area contributed by atoms with Crippen LogP contribution in [0.5, 0.6) is 11.5 Å². The SMILES string of the molecule is CCOC1(Br)C=CC=C(c2ncc(CC)n2-c2c(OC)cccc2OC)N1. The standard InChI is InChI=1S/C20H24BrN3O3/c1-5-14-13-22-19(15-9-8-12-20(21,23-15)27-6-2)24(14)18-16(25-3)10-7-11-17(18)26-4/h7-13,23H,5-6H2,1-4H3. The van der Waals surface area contributed by atoms with Crippen LogP contribution in [0.3, 0.4) is 0 Å². The Morgan fingerprint density at radius 3 is 2.48 bits per heavy atom. The van der Waals surface area contributed by atoms with Crippen LogP contribution in [0.25, 0.3) is 11.4 Å². The average Bonchev–Trinajstić information content (AvgIpc) is 3.10. The summed E-state index contributed by atoms with van der Waals surface area (Å²) >= 11 is 3.61. The first kappa shape index (κ1) is 19.5. The minimum absolute atomic E-state index is 0.560. The Labute approximate surface area is 168 Å². The van der Waals surface area contributed by atoms with Gasteiger partial charge in [-0.3, -0.25) is 4.57 Å². The topological polar surface area (TPSA) is 57.5 Å². The fraction of sp³-hybridized carbons (Fsp3) is 0.350. The number of rotatable bonds is 7. The second-order valence-corrected chi connectivity index (χ2v) is 7.09. The molecule has 2 heterocycles. The van der Waals surface area contributed by atoms with Crippen LogP contribution in [0.2, 0.25) is 0 Å². The van der Waals surface area contributed by atoms with Gasteiger partial charge in [-0.1, -0.05) is 19.1 Å². The lowest BCUT2D eigenvalue weighted by Gasteiger charge is -2.30. The summed E-state index contributed by atoms with van der Waals surface area (Å²) in [5, 5.41) is 3.37. The van der Waals surface area contributed by atoms with Crippen molar-refractivity contribution >= 4 is 21.6 Å². The fourth-order valence-corrected chi connectivity index (χ4v) is 3.68. The van der Waals surface area contributed by atoms with Gasteiger partial charge in [-0.25, -0.2) is 4.98 Å². The van der Waals surface area contributed by atoms with Crippen LogP contribution >= 0.6 is 15.9 Å². The molecule has 2 aromatic rings. The van der Waals surface area contributed by atoms with Crippen molar-refractivity contribution in [2.75, 3.05) is 20.8 Å². The molecule has 1 aliphatic rings. The number of allylic oxidation sites excluding steroid dienone is 2.